The van der Waals surface area contributed by atoms with Crippen molar-refractivity contribution in [3.63, 3.8) is 0 Å². The number of hydrogen-bond donors (Lipinski definition) is 1. The first kappa shape index (κ1) is 14.8. The Hall–Kier alpha value is -2.63. The Morgan fingerprint density at radius 2 is 1.86 bits per heavy atom. The van der Waals surface area contributed by atoms with Crippen LogP contribution < -0.4 is 0 Å². The molecule has 2 aromatic rings. The van der Waals surface area contributed by atoms with Crippen molar-refractivity contribution in [3.05, 3.63) is 52.3 Å². The summed E-state index contributed by atoms with van der Waals surface area (Å²) < 4.78 is 6.28. The fraction of sp³-hybridized carbons (Fsp3) is 0.267. The maximum Gasteiger partial charge on any atom is 0.339 e. The van der Waals surface area contributed by atoms with E-state index in [9.17, 15) is 9.59 Å². The molecule has 0 aliphatic carbocycles. The van der Waals surface area contributed by atoms with Crippen molar-refractivity contribution >= 4 is 11.9 Å². The summed E-state index contributed by atoms with van der Waals surface area (Å²) in [6.07, 6.45) is 0. The summed E-state index contributed by atoms with van der Waals surface area (Å²) in [4.78, 5) is 22.5. The molecule has 2 rings (SSSR count). The van der Waals surface area contributed by atoms with E-state index in [0.717, 1.165) is 5.56 Å². The first-order chi connectivity index (χ1) is 9.93. The Bertz CT molecular complexity index is 686. The minimum Gasteiger partial charge on any atom is -0.478 e. The third kappa shape index (κ3) is 2.94. The smallest absolute Gasteiger partial charge is 0.339 e. The van der Waals surface area contributed by atoms with Gasteiger partial charge in [-0.2, -0.15) is 5.10 Å². The number of ether oxygens (including phenoxy) is 1. The van der Waals surface area contributed by atoms with Gasteiger partial charge in [-0.1, -0.05) is 12.1 Å². The number of esters is 1. The topological polar surface area (TPSA) is 81.4 Å². The van der Waals surface area contributed by atoms with Crippen LogP contribution in [0.15, 0.2) is 24.3 Å². The van der Waals surface area contributed by atoms with Crippen molar-refractivity contribution < 1.29 is 19.4 Å². The van der Waals surface area contributed by atoms with Crippen LogP contribution in [0, 0.1) is 13.8 Å². The van der Waals surface area contributed by atoms with Crippen molar-refractivity contribution in [2.45, 2.75) is 20.4 Å². The molecule has 0 spiro atoms. The van der Waals surface area contributed by atoms with E-state index in [1.54, 1.807) is 42.8 Å². The number of aromatic nitrogens is 2. The highest BCUT2D eigenvalue weighted by molar-refractivity contribution is 5.90. The van der Waals surface area contributed by atoms with Crippen LogP contribution in [0.5, 0.6) is 0 Å². The van der Waals surface area contributed by atoms with E-state index in [2.05, 4.69) is 9.84 Å². The molecule has 0 bridgehead atoms. The predicted octanol–water partition coefficient (Wildman–Crippen LogP) is 2.03. The third-order valence-electron chi connectivity index (χ3n) is 3.30. The zero-order chi connectivity index (χ0) is 15.6. The van der Waals surface area contributed by atoms with Gasteiger partial charge in [-0.3, -0.25) is 4.68 Å². The summed E-state index contributed by atoms with van der Waals surface area (Å²) in [5.74, 6) is -1.36. The SMILES string of the molecule is COC(=O)c1ccc(Cn2nc(C)c(C(=O)O)c2C)cc1. The largest absolute Gasteiger partial charge is 0.478 e. The molecule has 1 heterocycles. The van der Waals surface area contributed by atoms with Crippen LogP contribution in [0.25, 0.3) is 0 Å². The summed E-state index contributed by atoms with van der Waals surface area (Å²) in [6, 6.07) is 6.93. The highest BCUT2D eigenvalue weighted by Crippen LogP contribution is 2.15. The minimum absolute atomic E-state index is 0.237. The maximum atomic E-state index is 11.4. The van der Waals surface area contributed by atoms with Gasteiger partial charge in [-0.25, -0.2) is 9.59 Å². The number of nitrogens with zero attached hydrogens (tertiary/aromatic N) is 2. The first-order valence-electron chi connectivity index (χ1n) is 6.38. The number of carboxylic acids is 1. The second-order valence-electron chi connectivity index (χ2n) is 4.70. The second-order valence-corrected chi connectivity index (χ2v) is 4.70. The molecule has 6 nitrogen and oxygen atoms in total. The average molecular weight is 288 g/mol. The van der Waals surface area contributed by atoms with Gasteiger partial charge in [0.2, 0.25) is 0 Å². The Kier molecular flexibility index (Phi) is 4.07. The summed E-state index contributed by atoms with van der Waals surface area (Å²) in [5, 5.41) is 13.4. The number of carboxylic acid groups (broad SMARTS) is 1. The third-order valence-corrected chi connectivity index (χ3v) is 3.30. The molecule has 21 heavy (non-hydrogen) atoms. The maximum absolute atomic E-state index is 11.4. The van der Waals surface area contributed by atoms with Gasteiger partial charge in [-0.15, -0.1) is 0 Å². The van der Waals surface area contributed by atoms with Gasteiger partial charge in [0, 0.05) is 0 Å². The van der Waals surface area contributed by atoms with Crippen LogP contribution in [-0.2, 0) is 11.3 Å². The number of aryl methyl sites for hydroxylation is 1. The van der Waals surface area contributed by atoms with Crippen molar-refractivity contribution in [3.8, 4) is 0 Å². The molecule has 0 aliphatic rings. The molecule has 0 aliphatic heterocycles. The summed E-state index contributed by atoms with van der Waals surface area (Å²) >= 11 is 0. The lowest BCUT2D eigenvalue weighted by Crippen LogP contribution is -2.06. The van der Waals surface area contributed by atoms with Gasteiger partial charge < -0.3 is 9.84 Å². The van der Waals surface area contributed by atoms with Gasteiger partial charge >= 0.3 is 11.9 Å². The number of carbonyl (C=O) groups excluding carboxylic acids is 1. The quantitative estimate of drug-likeness (QED) is 0.871. The molecule has 1 aromatic carbocycles. The van der Waals surface area contributed by atoms with Crippen molar-refractivity contribution in [1.29, 1.82) is 0 Å². The lowest BCUT2D eigenvalue weighted by atomic mass is 10.1. The van der Waals surface area contributed by atoms with Crippen LogP contribution in [0.4, 0.5) is 0 Å². The van der Waals surface area contributed by atoms with E-state index in [4.69, 9.17) is 5.11 Å². The number of carbonyl (C=O) groups is 2. The van der Waals surface area contributed by atoms with Crippen LogP contribution in [0.1, 0.15) is 37.7 Å². The molecule has 0 saturated heterocycles. The summed E-state index contributed by atoms with van der Waals surface area (Å²) in [6.45, 7) is 3.85. The Labute approximate surface area is 122 Å². The molecular formula is C15H16N2O4. The molecule has 110 valence electrons. The van der Waals surface area contributed by atoms with Gasteiger partial charge in [0.1, 0.15) is 5.56 Å². The number of methoxy groups -OCH3 is 1. The highest BCUT2D eigenvalue weighted by Gasteiger charge is 2.17. The lowest BCUT2D eigenvalue weighted by molar-refractivity contribution is 0.0599. The Morgan fingerprint density at radius 3 is 2.33 bits per heavy atom. The predicted molar refractivity (Wildman–Crippen MR) is 75.5 cm³/mol. The molecule has 1 aromatic heterocycles. The Morgan fingerprint density at radius 1 is 1.24 bits per heavy atom. The van der Waals surface area contributed by atoms with Gasteiger partial charge in [0.05, 0.1) is 30.6 Å². The Balaban J connectivity index is 2.25. The van der Waals surface area contributed by atoms with Gasteiger partial charge in [0.15, 0.2) is 0 Å². The average Bonchev–Trinajstić information content (AvgIpc) is 2.73. The summed E-state index contributed by atoms with van der Waals surface area (Å²) in [5.41, 5.74) is 2.73. The van der Waals surface area contributed by atoms with Crippen molar-refractivity contribution in [2.24, 2.45) is 0 Å². The van der Waals surface area contributed by atoms with Gasteiger partial charge in [-0.05, 0) is 31.5 Å². The molecule has 0 atom stereocenters. The molecule has 0 unspecified atom stereocenters. The van der Waals surface area contributed by atoms with Crippen LogP contribution >= 0.6 is 0 Å². The number of aromatic carboxylic acids is 1. The molecule has 0 saturated carbocycles. The number of hydrogen-bond acceptors (Lipinski definition) is 4. The van der Waals surface area contributed by atoms with Crippen molar-refractivity contribution in [1.82, 2.24) is 9.78 Å². The number of benzene rings is 1. The minimum atomic E-state index is -0.975. The molecule has 0 radical (unpaired) electrons. The van der Waals surface area contributed by atoms with E-state index in [1.165, 1.54) is 7.11 Å². The van der Waals surface area contributed by atoms with Gasteiger partial charge in [0.25, 0.3) is 0 Å². The zero-order valence-electron chi connectivity index (χ0n) is 12.1. The zero-order valence-corrected chi connectivity index (χ0v) is 12.1. The van der Waals surface area contributed by atoms with E-state index < -0.39 is 5.97 Å². The molecular weight excluding hydrogens is 272 g/mol. The molecule has 0 amide bonds. The van der Waals surface area contributed by atoms with E-state index in [1.807, 2.05) is 0 Å². The number of rotatable bonds is 4. The fourth-order valence-electron chi connectivity index (χ4n) is 2.20. The van der Waals surface area contributed by atoms with Crippen LogP contribution in [0.2, 0.25) is 0 Å². The van der Waals surface area contributed by atoms with E-state index in [0.29, 0.717) is 23.5 Å². The molecule has 1 N–H and O–H groups in total. The van der Waals surface area contributed by atoms with Crippen molar-refractivity contribution in [2.75, 3.05) is 7.11 Å². The van der Waals surface area contributed by atoms with E-state index in [-0.39, 0.29) is 11.5 Å². The van der Waals surface area contributed by atoms with E-state index >= 15 is 0 Å². The monoisotopic (exact) mass is 288 g/mol. The molecule has 0 fully saturated rings. The van der Waals surface area contributed by atoms with Crippen LogP contribution in [0.3, 0.4) is 0 Å². The summed E-state index contributed by atoms with van der Waals surface area (Å²) in [7, 11) is 1.33. The lowest BCUT2D eigenvalue weighted by Gasteiger charge is -2.06. The standard InChI is InChI=1S/C15H16N2O4/c1-9-13(14(18)19)10(2)17(16-9)8-11-4-6-12(7-5-11)15(20)21-3/h4-7H,8H2,1-3H3,(H,18,19). The first-order valence-corrected chi connectivity index (χ1v) is 6.38. The van der Waals surface area contributed by atoms with Crippen LogP contribution in [-0.4, -0.2) is 33.9 Å². The fourth-order valence-corrected chi connectivity index (χ4v) is 2.20. The second kappa shape index (κ2) is 5.78. The normalized spacial score (nSPS) is 10.4. The highest BCUT2D eigenvalue weighted by atomic mass is 16.5. The molecule has 6 heteroatoms.